The number of H-pyrrole nitrogens is 1. The van der Waals surface area contributed by atoms with Crippen LogP contribution in [-0.4, -0.2) is 20.9 Å². The fourth-order valence-electron chi connectivity index (χ4n) is 1.60. The van der Waals surface area contributed by atoms with Crippen LogP contribution in [0.3, 0.4) is 0 Å². The zero-order valence-electron chi connectivity index (χ0n) is 9.83. The van der Waals surface area contributed by atoms with E-state index in [1.54, 1.807) is 12.4 Å². The third kappa shape index (κ3) is 2.52. The predicted octanol–water partition coefficient (Wildman–Crippen LogP) is 2.20. The van der Waals surface area contributed by atoms with Gasteiger partial charge in [0, 0.05) is 24.5 Å². The van der Waals surface area contributed by atoms with Crippen LogP contribution in [0.25, 0.3) is 17.2 Å². The van der Waals surface area contributed by atoms with Gasteiger partial charge in [-0.05, 0) is 12.1 Å². The number of hydrogen-bond acceptors (Lipinski definition) is 4. The zero-order valence-corrected chi connectivity index (χ0v) is 9.83. The van der Waals surface area contributed by atoms with Crippen LogP contribution in [0.4, 0.5) is 5.95 Å². The standard InChI is InChI=1S/C13H10N4O2/c18-11(17-13-14-7-8-15-13)5-6-12-16-9-3-1-2-4-10(9)19-12/h1-8H,(H2,14,15,17,18). The maximum absolute atomic E-state index is 11.6. The van der Waals surface area contributed by atoms with E-state index in [-0.39, 0.29) is 5.91 Å². The van der Waals surface area contributed by atoms with E-state index in [1.807, 2.05) is 24.3 Å². The minimum absolute atomic E-state index is 0.308. The Hall–Kier alpha value is -2.89. The lowest BCUT2D eigenvalue weighted by molar-refractivity contribution is -0.111. The molecule has 1 aromatic carbocycles. The molecule has 2 aromatic heterocycles. The van der Waals surface area contributed by atoms with Crippen molar-refractivity contribution in [3.63, 3.8) is 0 Å². The lowest BCUT2D eigenvalue weighted by Crippen LogP contribution is -2.08. The molecule has 0 unspecified atom stereocenters. The van der Waals surface area contributed by atoms with Gasteiger partial charge in [-0.3, -0.25) is 10.1 Å². The highest BCUT2D eigenvalue weighted by atomic mass is 16.3. The molecule has 0 saturated carbocycles. The number of para-hydroxylation sites is 2. The van der Waals surface area contributed by atoms with Crippen LogP contribution in [0.5, 0.6) is 0 Å². The Balaban J connectivity index is 1.73. The summed E-state index contributed by atoms with van der Waals surface area (Å²) in [6.07, 6.45) is 6.03. The molecule has 94 valence electrons. The highest BCUT2D eigenvalue weighted by Gasteiger charge is 2.03. The van der Waals surface area contributed by atoms with Crippen LogP contribution >= 0.6 is 0 Å². The first-order valence-corrected chi connectivity index (χ1v) is 5.65. The number of imidazole rings is 1. The number of hydrogen-bond donors (Lipinski definition) is 2. The molecule has 0 atom stereocenters. The number of benzene rings is 1. The number of aromatic nitrogens is 3. The summed E-state index contributed by atoms with van der Waals surface area (Å²) < 4.78 is 5.45. The summed E-state index contributed by atoms with van der Waals surface area (Å²) in [5.74, 6) is 0.472. The Labute approximate surface area is 108 Å². The fraction of sp³-hybridized carbons (Fsp3) is 0. The first-order valence-electron chi connectivity index (χ1n) is 5.65. The Morgan fingerprint density at radius 3 is 3.05 bits per heavy atom. The van der Waals surface area contributed by atoms with Crippen molar-refractivity contribution in [2.24, 2.45) is 0 Å². The van der Waals surface area contributed by atoms with E-state index in [9.17, 15) is 4.79 Å². The molecule has 0 aliphatic carbocycles. The summed E-state index contributed by atoms with van der Waals surface area (Å²) in [6, 6.07) is 7.41. The van der Waals surface area contributed by atoms with Crippen molar-refractivity contribution in [1.82, 2.24) is 15.0 Å². The van der Waals surface area contributed by atoms with Gasteiger partial charge in [-0.2, -0.15) is 0 Å². The third-order valence-electron chi connectivity index (χ3n) is 2.43. The second-order valence-corrected chi connectivity index (χ2v) is 3.78. The topological polar surface area (TPSA) is 83.8 Å². The number of amides is 1. The van der Waals surface area contributed by atoms with E-state index in [2.05, 4.69) is 20.3 Å². The van der Waals surface area contributed by atoms with Gasteiger partial charge in [0.1, 0.15) is 5.52 Å². The van der Waals surface area contributed by atoms with Crippen LogP contribution < -0.4 is 5.32 Å². The van der Waals surface area contributed by atoms with E-state index in [0.717, 1.165) is 5.52 Å². The number of nitrogens with zero attached hydrogens (tertiary/aromatic N) is 2. The highest BCUT2D eigenvalue weighted by molar-refractivity contribution is 6.00. The molecule has 0 radical (unpaired) electrons. The van der Waals surface area contributed by atoms with E-state index in [4.69, 9.17) is 4.42 Å². The summed E-state index contributed by atoms with van der Waals surface area (Å²) in [7, 11) is 0. The van der Waals surface area contributed by atoms with Gasteiger partial charge in [0.25, 0.3) is 5.91 Å². The zero-order chi connectivity index (χ0) is 13.1. The lowest BCUT2D eigenvalue weighted by atomic mass is 10.3. The molecular weight excluding hydrogens is 244 g/mol. The monoisotopic (exact) mass is 254 g/mol. The third-order valence-corrected chi connectivity index (χ3v) is 2.43. The minimum atomic E-state index is -0.308. The van der Waals surface area contributed by atoms with E-state index < -0.39 is 0 Å². The van der Waals surface area contributed by atoms with Crippen molar-refractivity contribution in [3.8, 4) is 0 Å². The maximum atomic E-state index is 11.6. The Morgan fingerprint density at radius 2 is 2.26 bits per heavy atom. The van der Waals surface area contributed by atoms with Gasteiger partial charge in [0.2, 0.25) is 11.8 Å². The van der Waals surface area contributed by atoms with Crippen molar-refractivity contribution in [3.05, 3.63) is 48.6 Å². The van der Waals surface area contributed by atoms with Crippen molar-refractivity contribution in [1.29, 1.82) is 0 Å². The SMILES string of the molecule is O=C(C=Cc1nc2ccccc2o1)Nc1ncc[nH]1. The number of anilines is 1. The smallest absolute Gasteiger partial charge is 0.250 e. The van der Waals surface area contributed by atoms with Crippen molar-refractivity contribution in [2.45, 2.75) is 0 Å². The summed E-state index contributed by atoms with van der Waals surface area (Å²) in [5.41, 5.74) is 1.45. The van der Waals surface area contributed by atoms with Crippen LogP contribution in [0, 0.1) is 0 Å². The van der Waals surface area contributed by atoms with Crippen LogP contribution in [0.1, 0.15) is 5.89 Å². The van der Waals surface area contributed by atoms with Crippen molar-refractivity contribution in [2.75, 3.05) is 5.32 Å². The first-order chi connectivity index (χ1) is 9.31. The summed E-state index contributed by atoms with van der Waals surface area (Å²) in [4.78, 5) is 22.5. The molecule has 0 saturated heterocycles. The molecule has 19 heavy (non-hydrogen) atoms. The summed E-state index contributed by atoms with van der Waals surface area (Å²) in [5, 5.41) is 2.56. The predicted molar refractivity (Wildman–Crippen MR) is 70.3 cm³/mol. The molecule has 2 N–H and O–H groups in total. The van der Waals surface area contributed by atoms with Crippen molar-refractivity contribution < 1.29 is 9.21 Å². The van der Waals surface area contributed by atoms with Gasteiger partial charge in [-0.15, -0.1) is 0 Å². The quantitative estimate of drug-likeness (QED) is 0.702. The number of rotatable bonds is 3. The maximum Gasteiger partial charge on any atom is 0.250 e. The molecule has 0 bridgehead atoms. The Morgan fingerprint density at radius 1 is 1.37 bits per heavy atom. The van der Waals surface area contributed by atoms with Gasteiger partial charge >= 0.3 is 0 Å². The molecule has 1 amide bonds. The molecule has 0 fully saturated rings. The number of oxazole rings is 1. The van der Waals surface area contributed by atoms with E-state index in [1.165, 1.54) is 12.2 Å². The first kappa shape index (κ1) is 11.2. The van der Waals surface area contributed by atoms with Crippen LogP contribution in [0.2, 0.25) is 0 Å². The summed E-state index contributed by atoms with van der Waals surface area (Å²) >= 11 is 0. The normalized spacial score (nSPS) is 11.2. The summed E-state index contributed by atoms with van der Waals surface area (Å²) in [6.45, 7) is 0. The largest absolute Gasteiger partial charge is 0.437 e. The van der Waals surface area contributed by atoms with E-state index in [0.29, 0.717) is 17.4 Å². The molecule has 6 heteroatoms. The van der Waals surface area contributed by atoms with Crippen LogP contribution in [0.15, 0.2) is 47.2 Å². The molecular formula is C13H10N4O2. The molecule has 0 spiro atoms. The fourth-order valence-corrected chi connectivity index (χ4v) is 1.60. The Bertz CT molecular complexity index is 695. The van der Waals surface area contributed by atoms with Crippen LogP contribution in [-0.2, 0) is 4.79 Å². The molecule has 2 heterocycles. The van der Waals surface area contributed by atoms with Crippen molar-refractivity contribution >= 4 is 29.0 Å². The number of carbonyl (C=O) groups excluding carboxylic acids is 1. The highest BCUT2D eigenvalue weighted by Crippen LogP contribution is 2.15. The average molecular weight is 254 g/mol. The molecule has 0 aliphatic rings. The molecule has 3 aromatic rings. The number of aromatic amines is 1. The second-order valence-electron chi connectivity index (χ2n) is 3.78. The molecule has 6 nitrogen and oxygen atoms in total. The molecule has 3 rings (SSSR count). The molecule has 0 aliphatic heterocycles. The van der Waals surface area contributed by atoms with Gasteiger partial charge in [-0.1, -0.05) is 12.1 Å². The minimum Gasteiger partial charge on any atom is -0.437 e. The second kappa shape index (κ2) is 4.77. The number of nitrogens with one attached hydrogen (secondary N) is 2. The Kier molecular flexibility index (Phi) is 2.82. The number of fused-ring (bicyclic) bond motifs is 1. The van der Waals surface area contributed by atoms with Gasteiger partial charge in [0.15, 0.2) is 5.58 Å². The van der Waals surface area contributed by atoms with E-state index >= 15 is 0 Å². The lowest BCUT2D eigenvalue weighted by Gasteiger charge is -1.94. The van der Waals surface area contributed by atoms with Gasteiger partial charge in [-0.25, -0.2) is 9.97 Å². The van der Waals surface area contributed by atoms with Gasteiger partial charge < -0.3 is 9.40 Å². The average Bonchev–Trinajstić information content (AvgIpc) is 3.04. The van der Waals surface area contributed by atoms with Gasteiger partial charge in [0.05, 0.1) is 0 Å². The number of carbonyl (C=O) groups is 1.